The molecule has 0 amide bonds. The van der Waals surface area contributed by atoms with Gasteiger partial charge in [-0.25, -0.2) is 4.98 Å². The van der Waals surface area contributed by atoms with E-state index in [4.69, 9.17) is 43.3 Å². The molecule has 28 heavy (non-hydrogen) atoms. The van der Waals surface area contributed by atoms with Crippen molar-refractivity contribution in [3.63, 3.8) is 0 Å². The predicted molar refractivity (Wildman–Crippen MR) is 105 cm³/mol. The lowest BCUT2D eigenvalue weighted by Crippen LogP contribution is -2.16. The van der Waals surface area contributed by atoms with Crippen LogP contribution < -0.4 is 0 Å². The first-order valence-electron chi connectivity index (χ1n) is 8.77. The average molecular weight is 432 g/mol. The molecule has 1 aromatic heterocycles. The Kier molecular flexibility index (Phi) is 11.0. The summed E-state index contributed by atoms with van der Waals surface area (Å²) in [6, 6.07) is 5.21. The Hall–Kier alpha value is -2.32. The van der Waals surface area contributed by atoms with Gasteiger partial charge in [0.1, 0.15) is 6.10 Å². The van der Waals surface area contributed by atoms with E-state index in [-0.39, 0.29) is 5.97 Å². The minimum absolute atomic E-state index is 0.206. The number of hydrogen-bond donors (Lipinski definition) is 1. The van der Waals surface area contributed by atoms with Crippen molar-refractivity contribution in [1.82, 2.24) is 9.55 Å². The summed E-state index contributed by atoms with van der Waals surface area (Å²) in [5, 5.41) is 14.7. The third-order valence-corrected chi connectivity index (χ3v) is 4.32. The lowest BCUT2D eigenvalue weighted by Gasteiger charge is -2.20. The summed E-state index contributed by atoms with van der Waals surface area (Å²) in [4.78, 5) is 24.6. The maximum Gasteiger partial charge on any atom is 0.306 e. The van der Waals surface area contributed by atoms with E-state index in [9.17, 15) is 4.79 Å². The summed E-state index contributed by atoms with van der Waals surface area (Å²) in [6.45, 7) is 2.60. The molecule has 0 bridgehead atoms. The molecule has 0 saturated carbocycles. The molecule has 2 aromatic rings. The number of nitrogens with zero attached hydrogens (tertiary/aromatic N) is 3. The van der Waals surface area contributed by atoms with Crippen LogP contribution in [0.3, 0.4) is 0 Å². The van der Waals surface area contributed by atoms with Crippen LogP contribution in [0.15, 0.2) is 36.9 Å². The lowest BCUT2D eigenvalue weighted by molar-refractivity contribution is -0.742. The minimum Gasteiger partial charge on any atom is -0.455 e. The molecule has 1 atom stereocenters. The summed E-state index contributed by atoms with van der Waals surface area (Å²) < 4.78 is 7.56. The molecular formula is C18H23Cl2N3O5. The number of rotatable bonds is 9. The Bertz CT molecular complexity index is 737. The Balaban J connectivity index is 0.000000892. The quantitative estimate of drug-likeness (QED) is 0.256. The van der Waals surface area contributed by atoms with Crippen LogP contribution in [0.2, 0.25) is 10.0 Å². The van der Waals surface area contributed by atoms with Gasteiger partial charge in [0.2, 0.25) is 0 Å². The summed E-state index contributed by atoms with van der Waals surface area (Å²) >= 11 is 12.3. The highest BCUT2D eigenvalue weighted by molar-refractivity contribution is 6.35. The molecule has 1 aromatic carbocycles. The average Bonchev–Trinajstić information content (AvgIpc) is 3.11. The normalized spacial score (nSPS) is 11.2. The fourth-order valence-corrected chi connectivity index (χ4v) is 2.99. The smallest absolute Gasteiger partial charge is 0.306 e. The van der Waals surface area contributed by atoms with Crippen molar-refractivity contribution in [3.05, 3.63) is 62.6 Å². The van der Waals surface area contributed by atoms with Crippen molar-refractivity contribution in [2.75, 3.05) is 0 Å². The van der Waals surface area contributed by atoms with E-state index in [0.717, 1.165) is 31.2 Å². The number of halogens is 2. The van der Waals surface area contributed by atoms with Crippen molar-refractivity contribution >= 4 is 29.2 Å². The van der Waals surface area contributed by atoms with E-state index in [0.29, 0.717) is 23.0 Å². The maximum absolute atomic E-state index is 12.2. The number of carbonyl (C=O) groups is 1. The number of aromatic nitrogens is 2. The predicted octanol–water partition coefficient (Wildman–Crippen LogP) is 5.10. The number of benzene rings is 1. The topological polar surface area (TPSA) is 107 Å². The van der Waals surface area contributed by atoms with Crippen LogP contribution in [-0.4, -0.2) is 25.8 Å². The Morgan fingerprint density at radius 2 is 2.07 bits per heavy atom. The third-order valence-electron chi connectivity index (χ3n) is 3.75. The largest absolute Gasteiger partial charge is 0.455 e. The minimum atomic E-state index is -1.50. The van der Waals surface area contributed by atoms with Gasteiger partial charge in [0.25, 0.3) is 5.09 Å². The zero-order valence-corrected chi connectivity index (χ0v) is 17.0. The monoisotopic (exact) mass is 431 g/mol. The van der Waals surface area contributed by atoms with Gasteiger partial charge in [-0.3, -0.25) is 4.79 Å². The molecule has 1 unspecified atom stereocenters. The van der Waals surface area contributed by atoms with Gasteiger partial charge in [0.15, 0.2) is 0 Å². The number of esters is 1. The maximum atomic E-state index is 12.2. The first-order valence-corrected chi connectivity index (χ1v) is 9.52. The van der Waals surface area contributed by atoms with Crippen molar-refractivity contribution in [2.24, 2.45) is 0 Å². The Morgan fingerprint density at radius 1 is 1.36 bits per heavy atom. The van der Waals surface area contributed by atoms with Gasteiger partial charge in [0.05, 0.1) is 12.9 Å². The van der Waals surface area contributed by atoms with Gasteiger partial charge >= 0.3 is 5.97 Å². The van der Waals surface area contributed by atoms with Crippen LogP contribution in [0.25, 0.3) is 0 Å². The van der Waals surface area contributed by atoms with E-state index < -0.39 is 11.2 Å². The summed E-state index contributed by atoms with van der Waals surface area (Å²) in [5.74, 6) is -0.206. The molecule has 10 heteroatoms. The number of ether oxygens (including phenoxy) is 1. The molecule has 0 spiro atoms. The molecular weight excluding hydrogens is 409 g/mol. The van der Waals surface area contributed by atoms with Crippen LogP contribution in [0.5, 0.6) is 0 Å². The highest BCUT2D eigenvalue weighted by atomic mass is 35.5. The first-order chi connectivity index (χ1) is 13.3. The molecule has 1 heterocycles. The van der Waals surface area contributed by atoms with E-state index >= 15 is 0 Å². The van der Waals surface area contributed by atoms with Gasteiger partial charge in [-0.1, -0.05) is 55.5 Å². The zero-order chi connectivity index (χ0) is 20.9. The van der Waals surface area contributed by atoms with E-state index in [1.54, 1.807) is 30.7 Å². The van der Waals surface area contributed by atoms with Crippen LogP contribution in [-0.2, 0) is 16.1 Å². The molecule has 0 fully saturated rings. The number of carbonyl (C=O) groups excluding carboxylic acids is 1. The van der Waals surface area contributed by atoms with Crippen LogP contribution in [0.4, 0.5) is 0 Å². The second-order valence-electron chi connectivity index (χ2n) is 5.95. The highest BCUT2D eigenvalue weighted by Gasteiger charge is 2.20. The Labute approximate surface area is 173 Å². The van der Waals surface area contributed by atoms with Crippen LogP contribution in [0.1, 0.15) is 50.7 Å². The molecule has 154 valence electrons. The molecule has 2 rings (SSSR count). The molecule has 1 N–H and O–H groups in total. The van der Waals surface area contributed by atoms with Crippen molar-refractivity contribution in [2.45, 2.75) is 51.7 Å². The summed E-state index contributed by atoms with van der Waals surface area (Å²) in [6.07, 6.45) is 9.31. The first kappa shape index (κ1) is 23.7. The van der Waals surface area contributed by atoms with Gasteiger partial charge in [-0.05, 0) is 18.6 Å². The summed E-state index contributed by atoms with van der Waals surface area (Å²) in [7, 11) is 0. The van der Waals surface area contributed by atoms with Gasteiger partial charge < -0.3 is 14.5 Å². The van der Waals surface area contributed by atoms with Gasteiger partial charge in [-0.15, -0.1) is 10.1 Å². The standard InChI is InChI=1S/C18H22Cl2N2O2.HNO3/c1-2-3-4-5-6-18(23)24-17(12-22-10-9-21-13-22)15-8-7-14(19)11-16(15)20;2-1(3)4/h7-11,13,17H,2-6,12H2,1H3;(H,2,3,4). The molecule has 0 saturated heterocycles. The lowest BCUT2D eigenvalue weighted by atomic mass is 10.1. The second kappa shape index (κ2) is 13.0. The van der Waals surface area contributed by atoms with Gasteiger partial charge in [0, 0.05) is 34.4 Å². The molecule has 0 aliphatic carbocycles. The van der Waals surface area contributed by atoms with Crippen molar-refractivity contribution in [1.29, 1.82) is 0 Å². The fraction of sp³-hybridized carbons (Fsp3) is 0.444. The van der Waals surface area contributed by atoms with E-state index in [2.05, 4.69) is 11.9 Å². The fourth-order valence-electron chi connectivity index (χ4n) is 2.46. The number of hydrogen-bond acceptors (Lipinski definition) is 5. The van der Waals surface area contributed by atoms with Crippen LogP contribution >= 0.6 is 23.2 Å². The van der Waals surface area contributed by atoms with E-state index in [1.165, 1.54) is 0 Å². The number of imidazole rings is 1. The highest BCUT2D eigenvalue weighted by Crippen LogP contribution is 2.30. The molecule has 0 aliphatic rings. The van der Waals surface area contributed by atoms with Crippen LogP contribution in [0, 0.1) is 10.1 Å². The van der Waals surface area contributed by atoms with Crippen molar-refractivity contribution < 1.29 is 19.8 Å². The SMILES string of the molecule is CCCCCCC(=O)OC(Cn1ccnc1)c1ccc(Cl)cc1Cl.O=[N+]([O-])O. The molecule has 8 nitrogen and oxygen atoms in total. The zero-order valence-electron chi connectivity index (χ0n) is 15.5. The third kappa shape index (κ3) is 9.57. The van der Waals surface area contributed by atoms with E-state index in [1.807, 2.05) is 10.8 Å². The van der Waals surface area contributed by atoms with Gasteiger partial charge in [-0.2, -0.15) is 0 Å². The molecule has 0 radical (unpaired) electrons. The second-order valence-corrected chi connectivity index (χ2v) is 6.80. The Morgan fingerprint density at radius 3 is 2.64 bits per heavy atom. The molecule has 0 aliphatic heterocycles. The number of unbranched alkanes of at least 4 members (excludes halogenated alkanes) is 3. The van der Waals surface area contributed by atoms with Crippen molar-refractivity contribution in [3.8, 4) is 0 Å². The summed E-state index contributed by atoms with van der Waals surface area (Å²) in [5.41, 5.74) is 0.747.